The Morgan fingerprint density at radius 1 is 1.25 bits per heavy atom. The lowest BCUT2D eigenvalue weighted by molar-refractivity contribution is 0.553. The molecular formula is C12H14BrN7. The lowest BCUT2D eigenvalue weighted by Gasteiger charge is -2.14. The monoisotopic (exact) mass is 335 g/mol. The average molecular weight is 336 g/mol. The van der Waals surface area contributed by atoms with Gasteiger partial charge < -0.3 is 0 Å². The van der Waals surface area contributed by atoms with Gasteiger partial charge in [-0.1, -0.05) is 23.4 Å². The molecule has 0 amide bonds. The number of aryl methyl sites for hydroxylation is 2. The summed E-state index contributed by atoms with van der Waals surface area (Å²) in [6.07, 6.45) is 0. The van der Waals surface area contributed by atoms with Crippen LogP contribution in [0, 0.1) is 0 Å². The first-order valence-electron chi connectivity index (χ1n) is 6.06. The van der Waals surface area contributed by atoms with Crippen molar-refractivity contribution in [1.29, 1.82) is 0 Å². The smallest absolute Gasteiger partial charge is 0.153 e. The fourth-order valence-corrected chi connectivity index (χ4v) is 2.94. The molecule has 0 saturated carbocycles. The highest BCUT2D eigenvalue weighted by atomic mass is 79.9. The molecule has 0 fully saturated rings. The van der Waals surface area contributed by atoms with Gasteiger partial charge in [0.15, 0.2) is 4.60 Å². The molecule has 7 nitrogen and oxygen atoms in total. The van der Waals surface area contributed by atoms with E-state index in [2.05, 4.69) is 36.8 Å². The molecule has 0 spiro atoms. The van der Waals surface area contributed by atoms with Crippen LogP contribution in [-0.4, -0.2) is 24.8 Å². The van der Waals surface area contributed by atoms with Crippen LogP contribution in [0.1, 0.15) is 17.4 Å². The summed E-state index contributed by atoms with van der Waals surface area (Å²) >= 11 is 3.40. The minimum atomic E-state index is -0.296. The Morgan fingerprint density at radius 2 is 2.00 bits per heavy atom. The van der Waals surface area contributed by atoms with Crippen LogP contribution in [0.5, 0.6) is 0 Å². The van der Waals surface area contributed by atoms with Crippen molar-refractivity contribution >= 4 is 26.8 Å². The van der Waals surface area contributed by atoms with E-state index in [4.69, 9.17) is 5.84 Å². The zero-order valence-corrected chi connectivity index (χ0v) is 12.7. The fourth-order valence-electron chi connectivity index (χ4n) is 2.39. The van der Waals surface area contributed by atoms with Gasteiger partial charge in [0.25, 0.3) is 0 Å². The first kappa shape index (κ1) is 13.2. The number of hydrogen-bond acceptors (Lipinski definition) is 5. The van der Waals surface area contributed by atoms with E-state index in [1.807, 2.05) is 43.0 Å². The van der Waals surface area contributed by atoms with E-state index in [1.54, 1.807) is 4.68 Å². The maximum Gasteiger partial charge on any atom is 0.153 e. The zero-order chi connectivity index (χ0) is 14.3. The molecule has 20 heavy (non-hydrogen) atoms. The quantitative estimate of drug-likeness (QED) is 0.551. The molecular weight excluding hydrogens is 322 g/mol. The van der Waals surface area contributed by atoms with Gasteiger partial charge in [-0.05, 0) is 22.0 Å². The molecule has 104 valence electrons. The maximum absolute atomic E-state index is 5.75. The van der Waals surface area contributed by atoms with Crippen LogP contribution in [0.2, 0.25) is 0 Å². The van der Waals surface area contributed by atoms with E-state index >= 15 is 0 Å². The Labute approximate surface area is 123 Å². The second-order valence-corrected chi connectivity index (χ2v) is 5.27. The van der Waals surface area contributed by atoms with Crippen molar-refractivity contribution in [3.63, 3.8) is 0 Å². The average Bonchev–Trinajstić information content (AvgIpc) is 2.95. The topological polar surface area (TPSA) is 86.6 Å². The van der Waals surface area contributed by atoms with Gasteiger partial charge in [0.1, 0.15) is 6.04 Å². The Morgan fingerprint density at radius 3 is 2.65 bits per heavy atom. The standard InChI is InChI=1S/C12H14BrN7/c1-19-8-6-4-3-5-7(8)9(17-19)10(15-14)11-12(13)16-18-20(11)2/h3-6,10,15H,14H2,1-2H3. The van der Waals surface area contributed by atoms with Crippen molar-refractivity contribution in [2.24, 2.45) is 19.9 Å². The molecule has 1 unspecified atom stereocenters. The number of benzene rings is 1. The summed E-state index contributed by atoms with van der Waals surface area (Å²) in [6, 6.07) is 7.73. The summed E-state index contributed by atoms with van der Waals surface area (Å²) in [4.78, 5) is 0. The molecule has 0 saturated heterocycles. The van der Waals surface area contributed by atoms with E-state index in [0.717, 1.165) is 22.3 Å². The highest BCUT2D eigenvalue weighted by Crippen LogP contribution is 2.30. The van der Waals surface area contributed by atoms with Crippen LogP contribution in [0.25, 0.3) is 10.9 Å². The second kappa shape index (κ2) is 4.97. The summed E-state index contributed by atoms with van der Waals surface area (Å²) in [5.41, 5.74) is 5.53. The van der Waals surface area contributed by atoms with E-state index in [1.165, 1.54) is 0 Å². The van der Waals surface area contributed by atoms with Crippen LogP contribution in [0.15, 0.2) is 28.9 Å². The Balaban J connectivity index is 2.23. The van der Waals surface area contributed by atoms with Crippen molar-refractivity contribution in [1.82, 2.24) is 30.2 Å². The van der Waals surface area contributed by atoms with Gasteiger partial charge in [-0.3, -0.25) is 10.5 Å². The molecule has 2 heterocycles. The Kier molecular flexibility index (Phi) is 3.28. The van der Waals surface area contributed by atoms with Crippen molar-refractivity contribution in [2.45, 2.75) is 6.04 Å². The van der Waals surface area contributed by atoms with Crippen molar-refractivity contribution in [3.05, 3.63) is 40.3 Å². The van der Waals surface area contributed by atoms with Crippen molar-refractivity contribution < 1.29 is 0 Å². The highest BCUT2D eigenvalue weighted by Gasteiger charge is 2.25. The zero-order valence-electron chi connectivity index (χ0n) is 11.1. The lowest BCUT2D eigenvalue weighted by Crippen LogP contribution is -2.31. The summed E-state index contributed by atoms with van der Waals surface area (Å²) in [7, 11) is 3.73. The number of nitrogens with one attached hydrogen (secondary N) is 1. The largest absolute Gasteiger partial charge is 0.270 e. The molecule has 0 aliphatic heterocycles. The van der Waals surface area contributed by atoms with Gasteiger partial charge in [-0.2, -0.15) is 5.10 Å². The summed E-state index contributed by atoms with van der Waals surface area (Å²) < 4.78 is 4.17. The Bertz CT molecular complexity index is 741. The summed E-state index contributed by atoms with van der Waals surface area (Å²) in [6.45, 7) is 0. The van der Waals surface area contributed by atoms with E-state index in [-0.39, 0.29) is 6.04 Å². The molecule has 1 aromatic carbocycles. The normalized spacial score (nSPS) is 13.0. The predicted molar refractivity (Wildman–Crippen MR) is 78.6 cm³/mol. The number of hydrazine groups is 1. The minimum Gasteiger partial charge on any atom is -0.270 e. The van der Waals surface area contributed by atoms with Crippen molar-refractivity contribution in [3.8, 4) is 0 Å². The first-order valence-corrected chi connectivity index (χ1v) is 6.85. The van der Waals surface area contributed by atoms with Gasteiger partial charge in [0.2, 0.25) is 0 Å². The molecule has 0 aliphatic rings. The molecule has 3 N–H and O–H groups in total. The number of para-hydroxylation sites is 1. The van der Waals surface area contributed by atoms with Gasteiger partial charge in [0, 0.05) is 19.5 Å². The first-order chi connectivity index (χ1) is 9.63. The van der Waals surface area contributed by atoms with Crippen LogP contribution in [0.4, 0.5) is 0 Å². The number of rotatable bonds is 3. The number of hydrogen-bond donors (Lipinski definition) is 2. The molecule has 0 radical (unpaired) electrons. The predicted octanol–water partition coefficient (Wildman–Crippen LogP) is 1.02. The molecule has 3 aromatic rings. The fraction of sp³-hybridized carbons (Fsp3) is 0.250. The number of halogens is 1. The third kappa shape index (κ3) is 1.92. The SMILES string of the molecule is Cn1nnc(Br)c1C(NN)c1nn(C)c2ccccc12. The van der Waals surface area contributed by atoms with Gasteiger partial charge in [0.05, 0.1) is 16.9 Å². The summed E-state index contributed by atoms with van der Waals surface area (Å²) in [5.74, 6) is 5.75. The van der Waals surface area contributed by atoms with Gasteiger partial charge in [-0.15, -0.1) is 5.10 Å². The van der Waals surface area contributed by atoms with E-state index in [0.29, 0.717) is 4.60 Å². The number of aromatic nitrogens is 5. The lowest BCUT2D eigenvalue weighted by atomic mass is 10.1. The van der Waals surface area contributed by atoms with Crippen LogP contribution in [-0.2, 0) is 14.1 Å². The molecule has 8 heteroatoms. The third-order valence-electron chi connectivity index (χ3n) is 3.33. The number of fused-ring (bicyclic) bond motifs is 1. The maximum atomic E-state index is 5.75. The van der Waals surface area contributed by atoms with Crippen LogP contribution >= 0.6 is 15.9 Å². The van der Waals surface area contributed by atoms with E-state index < -0.39 is 0 Å². The summed E-state index contributed by atoms with van der Waals surface area (Å²) in [5, 5.41) is 13.6. The molecule has 2 aromatic heterocycles. The van der Waals surface area contributed by atoms with Crippen LogP contribution < -0.4 is 11.3 Å². The third-order valence-corrected chi connectivity index (χ3v) is 3.89. The second-order valence-electron chi connectivity index (χ2n) is 4.51. The number of nitrogens with two attached hydrogens (primary N) is 1. The minimum absolute atomic E-state index is 0.296. The molecule has 0 bridgehead atoms. The van der Waals surface area contributed by atoms with Crippen LogP contribution in [0.3, 0.4) is 0 Å². The molecule has 0 aliphatic carbocycles. The van der Waals surface area contributed by atoms with Gasteiger partial charge >= 0.3 is 0 Å². The molecule has 3 rings (SSSR count). The van der Waals surface area contributed by atoms with E-state index in [9.17, 15) is 0 Å². The van der Waals surface area contributed by atoms with Crippen molar-refractivity contribution in [2.75, 3.05) is 0 Å². The molecule has 1 atom stereocenters. The number of nitrogens with zero attached hydrogens (tertiary/aromatic N) is 5. The Hall–Kier alpha value is -1.77. The van der Waals surface area contributed by atoms with Gasteiger partial charge in [-0.25, -0.2) is 10.1 Å². The highest BCUT2D eigenvalue weighted by molar-refractivity contribution is 9.10.